The number of benzene rings is 2. The third-order valence-corrected chi connectivity index (χ3v) is 6.23. The number of fused-ring (bicyclic) bond motifs is 2. The summed E-state index contributed by atoms with van der Waals surface area (Å²) >= 11 is 7.75. The Balaban J connectivity index is 1.54. The van der Waals surface area contributed by atoms with E-state index >= 15 is 0 Å². The van der Waals surface area contributed by atoms with Gasteiger partial charge in [-0.25, -0.2) is 15.0 Å². The van der Waals surface area contributed by atoms with Gasteiger partial charge >= 0.3 is 0 Å². The number of hydrogen-bond donors (Lipinski definition) is 1. The van der Waals surface area contributed by atoms with E-state index in [-0.39, 0.29) is 6.79 Å². The second kappa shape index (κ2) is 7.73. The maximum atomic E-state index is 6.33. The Bertz CT molecular complexity index is 1270. The van der Waals surface area contributed by atoms with E-state index in [9.17, 15) is 0 Å². The van der Waals surface area contributed by atoms with Gasteiger partial charge in [-0.05, 0) is 30.2 Å². The summed E-state index contributed by atoms with van der Waals surface area (Å²) in [5.74, 6) is 1.63. The van der Waals surface area contributed by atoms with Crippen LogP contribution in [-0.4, -0.2) is 34.2 Å². The first-order valence-corrected chi connectivity index (χ1v) is 10.4. The topological polar surface area (TPSA) is 88.1 Å². The molecule has 2 radical (unpaired) electrons. The Morgan fingerprint density at radius 1 is 1.17 bits per heavy atom. The number of aryl methyl sites for hydroxylation is 2. The molecular formula is C20H15BClN5O2S. The van der Waals surface area contributed by atoms with Crippen molar-refractivity contribution in [3.63, 3.8) is 0 Å². The number of imidazole rings is 1. The van der Waals surface area contributed by atoms with Gasteiger partial charge in [0.05, 0.1) is 0 Å². The number of anilines is 1. The minimum absolute atomic E-state index is 0.186. The number of nitrogens with zero attached hydrogens (tertiary/aromatic N) is 4. The van der Waals surface area contributed by atoms with Gasteiger partial charge in [0.1, 0.15) is 14.2 Å². The van der Waals surface area contributed by atoms with Gasteiger partial charge in [0.25, 0.3) is 0 Å². The molecule has 2 aromatic carbocycles. The van der Waals surface area contributed by atoms with Crippen molar-refractivity contribution in [2.24, 2.45) is 0 Å². The second-order valence-electron chi connectivity index (χ2n) is 6.66. The minimum atomic E-state index is 0.186. The Labute approximate surface area is 183 Å². The Morgan fingerprint density at radius 3 is 2.80 bits per heavy atom. The predicted octanol–water partition coefficient (Wildman–Crippen LogP) is 2.98. The van der Waals surface area contributed by atoms with E-state index in [0.29, 0.717) is 52.1 Å². The highest BCUT2D eigenvalue weighted by Crippen LogP contribution is 2.37. The van der Waals surface area contributed by atoms with Crippen LogP contribution in [0.2, 0.25) is 5.02 Å². The van der Waals surface area contributed by atoms with Crippen molar-refractivity contribution in [1.29, 1.82) is 0 Å². The molecule has 1 aliphatic heterocycles. The first kappa shape index (κ1) is 19.1. The van der Waals surface area contributed by atoms with Crippen LogP contribution in [0.25, 0.3) is 11.2 Å². The van der Waals surface area contributed by atoms with E-state index in [1.54, 1.807) is 6.07 Å². The molecule has 0 spiro atoms. The zero-order chi connectivity index (χ0) is 20.7. The zero-order valence-electron chi connectivity index (χ0n) is 15.7. The molecule has 148 valence electrons. The summed E-state index contributed by atoms with van der Waals surface area (Å²) in [6.45, 7) is 0.800. The summed E-state index contributed by atoms with van der Waals surface area (Å²) in [6.07, 6.45) is 2.15. The normalized spacial score (nSPS) is 12.6. The average molecular weight is 436 g/mol. The number of nitrogens with two attached hydrogens (primary N) is 1. The first-order chi connectivity index (χ1) is 14.6. The van der Waals surface area contributed by atoms with Gasteiger partial charge in [0, 0.05) is 16.5 Å². The molecule has 0 bridgehead atoms. The van der Waals surface area contributed by atoms with Crippen LogP contribution < -0.4 is 20.7 Å². The van der Waals surface area contributed by atoms with Crippen LogP contribution in [0.1, 0.15) is 5.56 Å². The molecule has 2 aromatic heterocycles. The maximum absolute atomic E-state index is 6.33. The fourth-order valence-corrected chi connectivity index (χ4v) is 4.47. The van der Waals surface area contributed by atoms with E-state index in [2.05, 4.69) is 9.97 Å². The van der Waals surface area contributed by atoms with Crippen LogP contribution in [0.4, 0.5) is 5.82 Å². The van der Waals surface area contributed by atoms with Crippen molar-refractivity contribution >= 4 is 53.7 Å². The van der Waals surface area contributed by atoms with Crippen LogP contribution in [0.5, 0.6) is 11.5 Å². The lowest BCUT2D eigenvalue weighted by Crippen LogP contribution is -2.08. The minimum Gasteiger partial charge on any atom is -0.454 e. The van der Waals surface area contributed by atoms with E-state index in [4.69, 9.17) is 39.6 Å². The molecule has 4 aromatic rings. The second-order valence-corrected chi connectivity index (χ2v) is 8.08. The van der Waals surface area contributed by atoms with Gasteiger partial charge in [-0.15, -0.1) is 0 Å². The SMILES string of the molecule is [B]c1cc2c(cc1Sc1nc3c(N)ncnc3n1CCc1ccccc1Cl)OCO2. The summed E-state index contributed by atoms with van der Waals surface area (Å²) in [5, 5.41) is 1.43. The number of halogens is 1. The Hall–Kier alpha value is -2.91. The molecule has 30 heavy (non-hydrogen) atoms. The largest absolute Gasteiger partial charge is 0.454 e. The van der Waals surface area contributed by atoms with E-state index in [1.165, 1.54) is 18.1 Å². The fraction of sp³-hybridized carbons (Fsp3) is 0.150. The van der Waals surface area contributed by atoms with Gasteiger partial charge in [-0.2, -0.15) is 0 Å². The molecule has 2 N–H and O–H groups in total. The van der Waals surface area contributed by atoms with Gasteiger partial charge in [-0.3, -0.25) is 0 Å². The number of rotatable bonds is 5. The molecule has 0 unspecified atom stereocenters. The number of aromatic nitrogens is 4. The van der Waals surface area contributed by atoms with E-state index < -0.39 is 0 Å². The molecule has 0 amide bonds. The van der Waals surface area contributed by atoms with Crippen LogP contribution in [0.3, 0.4) is 0 Å². The van der Waals surface area contributed by atoms with Crippen molar-refractivity contribution < 1.29 is 9.47 Å². The lowest BCUT2D eigenvalue weighted by Gasteiger charge is -2.11. The third-order valence-electron chi connectivity index (χ3n) is 4.79. The fourth-order valence-electron chi connectivity index (χ4n) is 3.27. The monoisotopic (exact) mass is 435 g/mol. The molecule has 5 rings (SSSR count). The number of nitrogen functional groups attached to an aromatic ring is 1. The quantitative estimate of drug-likeness (QED) is 0.482. The smallest absolute Gasteiger partial charge is 0.231 e. The van der Waals surface area contributed by atoms with Crippen molar-refractivity contribution in [3.8, 4) is 11.5 Å². The first-order valence-electron chi connectivity index (χ1n) is 9.17. The maximum Gasteiger partial charge on any atom is 0.231 e. The van der Waals surface area contributed by atoms with Crippen molar-refractivity contribution in [3.05, 3.63) is 53.3 Å². The van der Waals surface area contributed by atoms with Crippen LogP contribution in [0, 0.1) is 0 Å². The third kappa shape index (κ3) is 3.44. The van der Waals surface area contributed by atoms with Gasteiger partial charge < -0.3 is 19.8 Å². The lowest BCUT2D eigenvalue weighted by molar-refractivity contribution is 0.174. The molecule has 0 aliphatic carbocycles. The van der Waals surface area contributed by atoms with Crippen molar-refractivity contribution in [2.75, 3.05) is 12.5 Å². The average Bonchev–Trinajstić information content (AvgIpc) is 3.32. The van der Waals surface area contributed by atoms with Crippen LogP contribution in [0.15, 0.2) is 52.8 Å². The van der Waals surface area contributed by atoms with Crippen molar-refractivity contribution in [2.45, 2.75) is 23.0 Å². The summed E-state index contributed by atoms with van der Waals surface area (Å²) in [4.78, 5) is 14.0. The summed E-state index contributed by atoms with van der Waals surface area (Å²) in [6, 6.07) is 11.4. The zero-order valence-corrected chi connectivity index (χ0v) is 17.3. The summed E-state index contributed by atoms with van der Waals surface area (Å²) < 4.78 is 12.9. The summed E-state index contributed by atoms with van der Waals surface area (Å²) in [7, 11) is 6.24. The Morgan fingerprint density at radius 2 is 1.97 bits per heavy atom. The lowest BCUT2D eigenvalue weighted by atomic mass is 9.96. The summed E-state index contributed by atoms with van der Waals surface area (Å²) in [5.41, 5.74) is 8.89. The number of hydrogen-bond acceptors (Lipinski definition) is 7. The highest BCUT2D eigenvalue weighted by molar-refractivity contribution is 7.99. The van der Waals surface area contributed by atoms with E-state index in [0.717, 1.165) is 15.5 Å². The highest BCUT2D eigenvalue weighted by Gasteiger charge is 2.20. The van der Waals surface area contributed by atoms with E-state index in [1.807, 2.05) is 34.9 Å². The molecule has 0 saturated carbocycles. The highest BCUT2D eigenvalue weighted by atomic mass is 35.5. The molecule has 0 saturated heterocycles. The molecule has 7 nitrogen and oxygen atoms in total. The molecule has 0 atom stereocenters. The molecule has 3 heterocycles. The van der Waals surface area contributed by atoms with Gasteiger partial charge in [0.2, 0.25) is 6.79 Å². The predicted molar refractivity (Wildman–Crippen MR) is 117 cm³/mol. The van der Waals surface area contributed by atoms with Crippen LogP contribution in [-0.2, 0) is 13.0 Å². The Kier molecular flexibility index (Phi) is 4.92. The molecule has 1 aliphatic rings. The van der Waals surface area contributed by atoms with Gasteiger partial charge in [-0.1, -0.05) is 47.0 Å². The standard InChI is InChI=1S/C20H15BClN5O2S/c21-12-7-14-15(29-10-28-14)8-16(12)30-20-26-17-18(23)24-9-25-19(17)27(20)6-5-11-3-1-2-4-13(11)22/h1-4,7-9H,5-6,10H2,(H2,23,24,25). The molecule has 10 heteroatoms. The number of ether oxygens (including phenoxy) is 2. The molecular weight excluding hydrogens is 421 g/mol. The molecule has 0 fully saturated rings. The van der Waals surface area contributed by atoms with Crippen LogP contribution >= 0.6 is 23.4 Å². The van der Waals surface area contributed by atoms with Crippen molar-refractivity contribution in [1.82, 2.24) is 19.5 Å². The van der Waals surface area contributed by atoms with Gasteiger partial charge in [0.15, 0.2) is 33.6 Å².